The topological polar surface area (TPSA) is 48.9 Å². The Morgan fingerprint density at radius 1 is 0.882 bits per heavy atom. The Bertz CT molecular complexity index is 1070. The van der Waals surface area contributed by atoms with Crippen LogP contribution in [0.5, 0.6) is 11.5 Å². The minimum absolute atomic E-state index is 0.0659. The lowest BCUT2D eigenvalue weighted by Gasteiger charge is -2.39. The number of aromatic nitrogens is 1. The highest BCUT2D eigenvalue weighted by molar-refractivity contribution is 5.97. The first kappa shape index (κ1) is 22.4. The maximum Gasteiger partial charge on any atom is 0.257 e. The van der Waals surface area contributed by atoms with Crippen LogP contribution in [0.25, 0.3) is 0 Å². The first-order valence-electron chi connectivity index (χ1n) is 12.3. The third-order valence-electron chi connectivity index (χ3n) is 6.76. The molecule has 6 nitrogen and oxygen atoms in total. The summed E-state index contributed by atoms with van der Waals surface area (Å²) in [5.41, 5.74) is 0.635. The van der Waals surface area contributed by atoms with Crippen molar-refractivity contribution < 1.29 is 9.53 Å². The fourth-order valence-electron chi connectivity index (χ4n) is 4.98. The number of likely N-dealkylation sites (tertiary alicyclic amines) is 1. The molecule has 3 aromatic rings. The smallest absolute Gasteiger partial charge is 0.257 e. The summed E-state index contributed by atoms with van der Waals surface area (Å²) in [6, 6.07) is 23.3. The molecule has 0 N–H and O–H groups in total. The third-order valence-corrected chi connectivity index (χ3v) is 6.76. The van der Waals surface area contributed by atoms with Gasteiger partial charge in [0.25, 0.3) is 5.91 Å². The van der Waals surface area contributed by atoms with Gasteiger partial charge in [0.05, 0.1) is 5.56 Å². The number of nitrogens with zero attached hydrogens (tertiary/aromatic N) is 4. The molecule has 0 radical (unpaired) electrons. The molecule has 6 heteroatoms. The molecule has 0 bridgehead atoms. The fourth-order valence-corrected chi connectivity index (χ4v) is 4.98. The van der Waals surface area contributed by atoms with Crippen molar-refractivity contribution >= 4 is 11.7 Å². The zero-order valence-corrected chi connectivity index (χ0v) is 19.6. The van der Waals surface area contributed by atoms with Gasteiger partial charge in [0.2, 0.25) is 0 Å². The number of rotatable bonds is 6. The maximum absolute atomic E-state index is 13.5. The highest BCUT2D eigenvalue weighted by Gasteiger charge is 2.28. The fraction of sp³-hybridized carbons (Fsp3) is 0.357. The van der Waals surface area contributed by atoms with Crippen molar-refractivity contribution in [2.24, 2.45) is 5.92 Å². The summed E-state index contributed by atoms with van der Waals surface area (Å²) in [6.07, 6.45) is 4.08. The molecule has 176 valence electrons. The number of pyridine rings is 1. The van der Waals surface area contributed by atoms with Gasteiger partial charge in [0.1, 0.15) is 17.3 Å². The summed E-state index contributed by atoms with van der Waals surface area (Å²) in [6.45, 7) is 6.72. The molecule has 0 spiro atoms. The van der Waals surface area contributed by atoms with E-state index in [0.717, 1.165) is 63.8 Å². The summed E-state index contributed by atoms with van der Waals surface area (Å²) in [7, 11) is 0. The molecule has 2 aliphatic rings. The number of para-hydroxylation sites is 2. The van der Waals surface area contributed by atoms with Crippen LogP contribution in [0.1, 0.15) is 23.2 Å². The van der Waals surface area contributed by atoms with Gasteiger partial charge in [-0.1, -0.05) is 36.4 Å². The number of ether oxygens (including phenoxy) is 1. The van der Waals surface area contributed by atoms with Crippen molar-refractivity contribution in [2.45, 2.75) is 12.8 Å². The predicted molar refractivity (Wildman–Crippen MR) is 134 cm³/mol. The summed E-state index contributed by atoms with van der Waals surface area (Å²) < 4.78 is 6.05. The summed E-state index contributed by atoms with van der Waals surface area (Å²) >= 11 is 0. The van der Waals surface area contributed by atoms with Gasteiger partial charge in [-0.25, -0.2) is 4.98 Å². The van der Waals surface area contributed by atoms with Crippen molar-refractivity contribution in [3.63, 3.8) is 0 Å². The molecule has 34 heavy (non-hydrogen) atoms. The van der Waals surface area contributed by atoms with E-state index in [1.54, 1.807) is 0 Å². The molecule has 5 rings (SSSR count). The normalized spacial score (nSPS) is 19.1. The van der Waals surface area contributed by atoms with Crippen LogP contribution in [-0.4, -0.2) is 66.5 Å². The molecule has 0 aliphatic carbocycles. The van der Waals surface area contributed by atoms with Crippen molar-refractivity contribution in [1.29, 1.82) is 0 Å². The minimum atomic E-state index is 0.0659. The molecule has 0 saturated carbocycles. The van der Waals surface area contributed by atoms with Crippen molar-refractivity contribution in [3.8, 4) is 11.5 Å². The number of hydrogen-bond donors (Lipinski definition) is 0. The van der Waals surface area contributed by atoms with Crippen LogP contribution in [0.4, 0.5) is 5.82 Å². The summed E-state index contributed by atoms with van der Waals surface area (Å²) in [5, 5.41) is 0. The molecular weight excluding hydrogens is 424 g/mol. The Kier molecular flexibility index (Phi) is 7.05. The zero-order chi connectivity index (χ0) is 23.2. The van der Waals surface area contributed by atoms with E-state index in [0.29, 0.717) is 17.2 Å². The molecule has 1 amide bonds. The average molecular weight is 457 g/mol. The highest BCUT2D eigenvalue weighted by Crippen LogP contribution is 2.28. The van der Waals surface area contributed by atoms with E-state index >= 15 is 0 Å². The van der Waals surface area contributed by atoms with Crippen LogP contribution in [0.3, 0.4) is 0 Å². The van der Waals surface area contributed by atoms with Gasteiger partial charge in [-0.15, -0.1) is 0 Å². The van der Waals surface area contributed by atoms with E-state index in [1.165, 1.54) is 6.42 Å². The molecule has 1 unspecified atom stereocenters. The van der Waals surface area contributed by atoms with Crippen LogP contribution < -0.4 is 9.64 Å². The summed E-state index contributed by atoms with van der Waals surface area (Å²) in [5.74, 6) is 2.99. The number of benzene rings is 2. The maximum atomic E-state index is 13.5. The highest BCUT2D eigenvalue weighted by atomic mass is 16.5. The molecule has 2 aliphatic heterocycles. The van der Waals surface area contributed by atoms with Crippen molar-refractivity contribution in [3.05, 3.63) is 84.6 Å². The quantitative estimate of drug-likeness (QED) is 0.545. The van der Waals surface area contributed by atoms with Crippen LogP contribution in [0.15, 0.2) is 79.0 Å². The largest absolute Gasteiger partial charge is 0.457 e. The molecule has 2 saturated heterocycles. The number of anilines is 1. The molecule has 2 aromatic carbocycles. The van der Waals surface area contributed by atoms with Gasteiger partial charge in [-0.3, -0.25) is 9.69 Å². The van der Waals surface area contributed by atoms with E-state index in [1.807, 2.05) is 77.8 Å². The van der Waals surface area contributed by atoms with Crippen molar-refractivity contribution in [2.75, 3.05) is 50.7 Å². The number of carbonyl (C=O) groups excluding carboxylic acids is 1. The van der Waals surface area contributed by atoms with Gasteiger partial charge in [-0.05, 0) is 55.2 Å². The van der Waals surface area contributed by atoms with Crippen LogP contribution in [0, 0.1) is 5.92 Å². The second-order valence-electron chi connectivity index (χ2n) is 9.15. The lowest BCUT2D eigenvalue weighted by atomic mass is 9.96. The lowest BCUT2D eigenvalue weighted by Crippen LogP contribution is -2.50. The Morgan fingerprint density at radius 2 is 1.65 bits per heavy atom. The van der Waals surface area contributed by atoms with Crippen LogP contribution in [0.2, 0.25) is 0 Å². The Morgan fingerprint density at radius 3 is 2.44 bits per heavy atom. The Balaban J connectivity index is 1.18. The van der Waals surface area contributed by atoms with Gasteiger partial charge in [0, 0.05) is 52.0 Å². The lowest BCUT2D eigenvalue weighted by molar-refractivity contribution is 0.0634. The summed E-state index contributed by atoms with van der Waals surface area (Å²) in [4.78, 5) is 24.9. The van der Waals surface area contributed by atoms with E-state index < -0.39 is 0 Å². The number of amides is 1. The number of piperazine rings is 1. The van der Waals surface area contributed by atoms with Gasteiger partial charge < -0.3 is 14.5 Å². The van der Waals surface area contributed by atoms with E-state index in [-0.39, 0.29) is 5.91 Å². The predicted octanol–water partition coefficient (Wildman–Crippen LogP) is 4.55. The van der Waals surface area contributed by atoms with Gasteiger partial charge in [-0.2, -0.15) is 0 Å². The first-order chi connectivity index (χ1) is 16.8. The molecule has 2 fully saturated rings. The second kappa shape index (κ2) is 10.7. The van der Waals surface area contributed by atoms with Crippen molar-refractivity contribution in [1.82, 2.24) is 14.8 Å². The van der Waals surface area contributed by atoms with E-state index in [2.05, 4.69) is 20.9 Å². The zero-order valence-electron chi connectivity index (χ0n) is 19.6. The second-order valence-corrected chi connectivity index (χ2v) is 9.15. The average Bonchev–Trinajstić information content (AvgIpc) is 2.90. The van der Waals surface area contributed by atoms with Gasteiger partial charge in [0.15, 0.2) is 0 Å². The molecule has 1 atom stereocenters. The van der Waals surface area contributed by atoms with Crippen LogP contribution >= 0.6 is 0 Å². The monoisotopic (exact) mass is 456 g/mol. The van der Waals surface area contributed by atoms with Gasteiger partial charge >= 0.3 is 0 Å². The molecular formula is C28H32N4O2. The Hall–Kier alpha value is -3.38. The van der Waals surface area contributed by atoms with E-state index in [4.69, 9.17) is 4.74 Å². The minimum Gasteiger partial charge on any atom is -0.457 e. The number of hydrogen-bond acceptors (Lipinski definition) is 5. The third kappa shape index (κ3) is 5.39. The molecule has 3 heterocycles. The number of carbonyl (C=O) groups is 1. The van der Waals surface area contributed by atoms with E-state index in [9.17, 15) is 4.79 Å². The van der Waals surface area contributed by atoms with Crippen LogP contribution in [-0.2, 0) is 0 Å². The Labute approximate surface area is 201 Å². The standard InChI is InChI=1S/C28H32N4O2/c33-28(25-12-4-5-13-26(25)34-24-10-2-1-3-11-24)32-16-8-9-23(22-32)21-30-17-19-31(20-18-30)27-14-6-7-15-29-27/h1-7,10-15,23H,8-9,16-22H2. The SMILES string of the molecule is O=C(c1ccccc1Oc1ccccc1)N1CCCC(CN2CCN(c3ccccn3)CC2)C1. The first-order valence-corrected chi connectivity index (χ1v) is 12.3. The molecule has 1 aromatic heterocycles. The number of piperidine rings is 1.